The van der Waals surface area contributed by atoms with Crippen molar-refractivity contribution in [2.45, 2.75) is 6.92 Å². The summed E-state index contributed by atoms with van der Waals surface area (Å²) in [4.78, 5) is 2.92. The molecule has 2 nitrogen and oxygen atoms in total. The summed E-state index contributed by atoms with van der Waals surface area (Å²) in [6.07, 6.45) is 0. The molecule has 0 amide bonds. The van der Waals surface area contributed by atoms with Crippen LogP contribution in [-0.4, -0.2) is 75.4 Å². The van der Waals surface area contributed by atoms with Crippen molar-refractivity contribution in [2.24, 2.45) is 0 Å². The Morgan fingerprint density at radius 1 is 0.769 bits per heavy atom. The lowest BCUT2D eigenvalue weighted by molar-refractivity contribution is -0.856. The zero-order valence-electron chi connectivity index (χ0n) is 9.71. The third-order valence-electron chi connectivity index (χ3n) is 0.707. The van der Waals surface area contributed by atoms with Gasteiger partial charge >= 0.3 is 2.85 Å². The Hall–Kier alpha value is 0.180. The van der Waals surface area contributed by atoms with E-state index in [1.54, 1.807) is 0 Å². The Balaban J connectivity index is -0.00000000785. The zero-order chi connectivity index (χ0) is 7.86. The van der Waals surface area contributed by atoms with Crippen molar-refractivity contribution in [3.05, 3.63) is 0 Å². The van der Waals surface area contributed by atoms with Crippen LogP contribution in [0, 0.1) is 0 Å². The van der Waals surface area contributed by atoms with Crippen molar-refractivity contribution in [3.63, 3.8) is 0 Å². The minimum Gasteiger partial charge on any atom is -0.342 e. The van der Waals surface area contributed by atoms with E-state index in [0.29, 0.717) is 0 Å². The van der Waals surface area contributed by atoms with Crippen molar-refractivity contribution >= 4 is 33.7 Å². The molecule has 2 N–H and O–H groups in total. The molecule has 0 aliphatic rings. The number of nitrogens with one attached hydrogen (secondary N) is 2. The maximum absolute atomic E-state index is 2.16. The standard InChI is InChI=1S/C4H11N.C3H9N.4BH4/c1-4-5(2)3;1-4(2)3;;;;/h4H2,1-3H3;1-3H3;4*1H4/q;;4*-1/p+4. The molecule has 0 bridgehead atoms. The molecule has 0 atom stereocenters. The molecule has 0 aromatic heterocycles. The monoisotopic (exact) mass is 196 g/mol. The second-order valence-electron chi connectivity index (χ2n) is 3.06. The molecule has 0 rings (SSSR count). The Labute approximate surface area is 95.7 Å². The predicted octanol–water partition coefficient (Wildman–Crippen LogP) is -7.67. The molecule has 0 heterocycles. The lowest BCUT2D eigenvalue weighted by Crippen LogP contribution is -3.05. The summed E-state index contributed by atoms with van der Waals surface area (Å²) in [6.45, 7) is 3.38. The third kappa shape index (κ3) is 266. The van der Waals surface area contributed by atoms with Crippen LogP contribution < -0.4 is 9.80 Å². The van der Waals surface area contributed by atoms with Crippen LogP contribution in [0.1, 0.15) is 9.78 Å². The molecule has 0 aromatic carbocycles. The van der Waals surface area contributed by atoms with E-state index in [4.69, 9.17) is 0 Å². The first-order valence-electron chi connectivity index (χ1n) is 3.56. The van der Waals surface area contributed by atoms with E-state index in [1.807, 2.05) is 0 Å². The summed E-state index contributed by atoms with van der Waals surface area (Å²) in [5, 5.41) is 0. The molecule has 0 aliphatic heterocycles. The van der Waals surface area contributed by atoms with E-state index >= 15 is 0 Å². The quantitative estimate of drug-likeness (QED) is 0.385. The molecule has 0 unspecified atom stereocenters. The first-order chi connectivity index (χ1) is 4.00. The Kier molecular flexibility index (Phi) is 86.2. The SMILES string of the molecule is CC[NH+](C)C.C[NH+](C)C.[BH4-].[BH4-].[BH4-].[BH4-].[H+].[H+]. The zero-order valence-corrected chi connectivity index (χ0v) is 7.71. The van der Waals surface area contributed by atoms with Crippen LogP contribution in [0.25, 0.3) is 0 Å². The van der Waals surface area contributed by atoms with Crippen LogP contribution in [0.4, 0.5) is 0 Å². The van der Waals surface area contributed by atoms with Gasteiger partial charge in [0, 0.05) is 0 Å². The Morgan fingerprint density at radius 3 is 0.846 bits per heavy atom. The van der Waals surface area contributed by atoms with E-state index in [1.165, 1.54) is 16.3 Å². The Morgan fingerprint density at radius 2 is 0.846 bits per heavy atom. The molecular formula is C7H40B4N2. The van der Waals surface area contributed by atoms with Crippen LogP contribution in [0.2, 0.25) is 0 Å². The minimum atomic E-state index is 0. The molecule has 0 spiro atoms. The van der Waals surface area contributed by atoms with Gasteiger partial charge in [-0.15, -0.1) is 0 Å². The molecule has 0 saturated heterocycles. The van der Waals surface area contributed by atoms with Gasteiger partial charge in [0.1, 0.15) is 0 Å². The molecular weight excluding hydrogens is 155 g/mol. The number of quaternary nitrogens is 2. The third-order valence-corrected chi connectivity index (χ3v) is 0.707. The predicted molar refractivity (Wildman–Crippen MR) is 89.6 cm³/mol. The number of hydrogen-bond acceptors (Lipinski definition) is 0. The number of rotatable bonds is 1. The van der Waals surface area contributed by atoms with Gasteiger partial charge in [-0.2, -0.15) is 0 Å². The highest BCUT2D eigenvalue weighted by Crippen LogP contribution is 1.25. The van der Waals surface area contributed by atoms with E-state index in [0.717, 1.165) is 0 Å². The normalized spacial score (nSPS) is 6.46. The lowest BCUT2D eigenvalue weighted by Gasteiger charge is -1.97. The summed E-state index contributed by atoms with van der Waals surface area (Å²) in [7, 11) is 10.5. The minimum absolute atomic E-state index is 0. The maximum Gasteiger partial charge on any atom is 1.00 e. The maximum atomic E-state index is 2.16. The highest BCUT2D eigenvalue weighted by atomic mass is 15.0. The van der Waals surface area contributed by atoms with Crippen molar-refractivity contribution in [2.75, 3.05) is 41.8 Å². The van der Waals surface area contributed by atoms with Gasteiger partial charge < -0.3 is 9.80 Å². The fourth-order valence-corrected chi connectivity index (χ4v) is 0. The summed E-state index contributed by atoms with van der Waals surface area (Å²) in [5.41, 5.74) is 0. The van der Waals surface area contributed by atoms with Crippen LogP contribution in [0.15, 0.2) is 0 Å². The van der Waals surface area contributed by atoms with Gasteiger partial charge in [-0.3, -0.25) is 0 Å². The summed E-state index contributed by atoms with van der Waals surface area (Å²) in [6, 6.07) is 0. The molecule has 90 valence electrons. The molecule has 0 aliphatic carbocycles. The highest BCUT2D eigenvalue weighted by Gasteiger charge is 1.75. The summed E-state index contributed by atoms with van der Waals surface area (Å²) >= 11 is 0. The van der Waals surface area contributed by atoms with Crippen LogP contribution in [-0.2, 0) is 0 Å². The second kappa shape index (κ2) is 29.5. The summed E-state index contributed by atoms with van der Waals surface area (Å²) < 4.78 is 0. The molecule has 0 fully saturated rings. The van der Waals surface area contributed by atoms with E-state index < -0.39 is 0 Å². The summed E-state index contributed by atoms with van der Waals surface area (Å²) in [5.74, 6) is 0. The van der Waals surface area contributed by atoms with E-state index in [9.17, 15) is 0 Å². The average Bonchev–Trinajstić information content (AvgIpc) is 1.65. The Bertz CT molecular complexity index is 59.5. The topological polar surface area (TPSA) is 8.88 Å². The fraction of sp³-hybridized carbons (Fsp3) is 1.00. The van der Waals surface area contributed by atoms with Gasteiger partial charge in [-0.1, -0.05) is 33.7 Å². The van der Waals surface area contributed by atoms with E-state index in [-0.39, 0.29) is 36.5 Å². The van der Waals surface area contributed by atoms with Crippen molar-refractivity contribution in [1.82, 2.24) is 0 Å². The molecule has 0 aromatic rings. The first kappa shape index (κ1) is 37.9. The lowest BCUT2D eigenvalue weighted by atomic mass is 10.7. The van der Waals surface area contributed by atoms with Crippen molar-refractivity contribution < 1.29 is 12.7 Å². The molecule has 13 heavy (non-hydrogen) atoms. The first-order valence-corrected chi connectivity index (χ1v) is 3.56. The van der Waals surface area contributed by atoms with Crippen molar-refractivity contribution in [1.29, 1.82) is 0 Å². The van der Waals surface area contributed by atoms with Crippen LogP contribution in [0.5, 0.6) is 0 Å². The fourth-order valence-electron chi connectivity index (χ4n) is 0. The van der Waals surface area contributed by atoms with Gasteiger partial charge in [0.15, 0.2) is 0 Å². The average molecular weight is 196 g/mol. The smallest absolute Gasteiger partial charge is 0.342 e. The van der Waals surface area contributed by atoms with Crippen LogP contribution in [0.3, 0.4) is 0 Å². The molecule has 6 heteroatoms. The largest absolute Gasteiger partial charge is 1.00 e. The van der Waals surface area contributed by atoms with Gasteiger partial charge in [-0.25, -0.2) is 0 Å². The second-order valence-corrected chi connectivity index (χ2v) is 3.06. The van der Waals surface area contributed by atoms with E-state index in [2.05, 4.69) is 42.2 Å². The van der Waals surface area contributed by atoms with Gasteiger partial charge in [-0.05, 0) is 6.92 Å². The van der Waals surface area contributed by atoms with Crippen molar-refractivity contribution in [3.8, 4) is 0 Å². The highest BCUT2D eigenvalue weighted by molar-refractivity contribution is 5.76. The number of hydrogen-bond donors (Lipinski definition) is 2. The molecule has 0 saturated carbocycles. The van der Waals surface area contributed by atoms with Crippen LogP contribution >= 0.6 is 0 Å². The van der Waals surface area contributed by atoms with Gasteiger partial charge in [0.2, 0.25) is 0 Å². The van der Waals surface area contributed by atoms with Gasteiger partial charge in [0.05, 0.1) is 41.8 Å². The van der Waals surface area contributed by atoms with Gasteiger partial charge in [0.25, 0.3) is 0 Å². The molecule has 0 radical (unpaired) electrons.